The molecule has 2 heterocycles. The van der Waals surface area contributed by atoms with E-state index in [1.807, 2.05) is 6.07 Å². The maximum atomic E-state index is 13.2. The number of pyridine rings is 2. The van der Waals surface area contributed by atoms with Gasteiger partial charge in [0.25, 0.3) is 0 Å². The monoisotopic (exact) mass is 412 g/mol. The lowest BCUT2D eigenvalue weighted by Gasteiger charge is -2.44. The van der Waals surface area contributed by atoms with Crippen LogP contribution in [0.5, 0.6) is 0 Å². The van der Waals surface area contributed by atoms with Crippen molar-refractivity contribution in [2.45, 2.75) is 65.5 Å². The summed E-state index contributed by atoms with van der Waals surface area (Å²) >= 11 is 0. The minimum Gasteiger partial charge on any atom is -0.255 e. The van der Waals surface area contributed by atoms with Gasteiger partial charge in [-0.15, -0.1) is 0 Å². The van der Waals surface area contributed by atoms with Crippen LogP contribution in [-0.4, -0.2) is 9.97 Å². The first-order valence-electron chi connectivity index (χ1n) is 10.2. The van der Waals surface area contributed by atoms with Crippen molar-refractivity contribution in [1.82, 2.24) is 9.97 Å². The highest BCUT2D eigenvalue weighted by Gasteiger charge is 2.56. The molecule has 1 aromatic carbocycles. The van der Waals surface area contributed by atoms with Gasteiger partial charge >= 0.3 is 6.18 Å². The van der Waals surface area contributed by atoms with Crippen LogP contribution < -0.4 is 0 Å². The highest BCUT2D eigenvalue weighted by Crippen LogP contribution is 2.61. The molecule has 2 aromatic heterocycles. The SMILES string of the molecule is Cc1cnc(-c2ccc3c(c2)C(C)(C)C(C)(C)C3(C)C)c2ccc(C(F)(F)F)nc12. The summed E-state index contributed by atoms with van der Waals surface area (Å²) in [5.41, 5.74) is 4.21. The van der Waals surface area contributed by atoms with Crippen molar-refractivity contribution in [1.29, 1.82) is 0 Å². The molecule has 30 heavy (non-hydrogen) atoms. The fourth-order valence-corrected chi connectivity index (χ4v) is 4.84. The third-order valence-electron chi connectivity index (χ3n) is 7.97. The standard InChI is InChI=1S/C25H27F3N2/c1-14-13-29-21(16-9-11-19(25(26,27)28)30-20(14)16)15-8-10-17-18(12-15)23(4,5)24(6,7)22(17,2)3/h8-13H,1-7H3. The van der Waals surface area contributed by atoms with Gasteiger partial charge in [0.05, 0.1) is 11.2 Å². The summed E-state index contributed by atoms with van der Waals surface area (Å²) in [5, 5.41) is 0.636. The highest BCUT2D eigenvalue weighted by atomic mass is 19.4. The summed E-state index contributed by atoms with van der Waals surface area (Å²) in [4.78, 5) is 8.51. The van der Waals surface area contributed by atoms with Crippen molar-refractivity contribution in [3.05, 3.63) is 58.9 Å². The zero-order valence-electron chi connectivity index (χ0n) is 18.5. The van der Waals surface area contributed by atoms with Crippen molar-refractivity contribution in [3.63, 3.8) is 0 Å². The Morgan fingerprint density at radius 2 is 1.47 bits per heavy atom. The minimum atomic E-state index is -4.47. The summed E-state index contributed by atoms with van der Waals surface area (Å²) in [7, 11) is 0. The molecule has 0 radical (unpaired) electrons. The summed E-state index contributed by atoms with van der Waals surface area (Å²) in [5.74, 6) is 0. The summed E-state index contributed by atoms with van der Waals surface area (Å²) in [6.45, 7) is 15.4. The average Bonchev–Trinajstić information content (AvgIpc) is 2.76. The molecule has 3 aromatic rings. The molecule has 0 saturated carbocycles. The maximum Gasteiger partial charge on any atom is 0.433 e. The van der Waals surface area contributed by atoms with Gasteiger partial charge in [-0.3, -0.25) is 4.98 Å². The van der Waals surface area contributed by atoms with Gasteiger partial charge in [-0.05, 0) is 58.1 Å². The molecule has 158 valence electrons. The Hall–Kier alpha value is -2.43. The number of rotatable bonds is 1. The first-order valence-corrected chi connectivity index (χ1v) is 10.2. The van der Waals surface area contributed by atoms with E-state index >= 15 is 0 Å². The summed E-state index contributed by atoms with van der Waals surface area (Å²) in [6.07, 6.45) is -2.87. The predicted molar refractivity (Wildman–Crippen MR) is 115 cm³/mol. The molecule has 0 bridgehead atoms. The Morgan fingerprint density at radius 1 is 0.833 bits per heavy atom. The van der Waals surface area contributed by atoms with Gasteiger partial charge in [-0.1, -0.05) is 53.7 Å². The van der Waals surface area contributed by atoms with E-state index in [1.165, 1.54) is 17.2 Å². The fourth-order valence-electron chi connectivity index (χ4n) is 4.84. The van der Waals surface area contributed by atoms with E-state index in [9.17, 15) is 13.2 Å². The van der Waals surface area contributed by atoms with Crippen LogP contribution in [0.25, 0.3) is 22.2 Å². The third kappa shape index (κ3) is 2.63. The lowest BCUT2D eigenvalue weighted by Crippen LogP contribution is -2.42. The van der Waals surface area contributed by atoms with Gasteiger partial charge in [-0.25, -0.2) is 4.98 Å². The fraction of sp³-hybridized carbons (Fsp3) is 0.440. The van der Waals surface area contributed by atoms with E-state index in [0.717, 1.165) is 11.6 Å². The molecule has 0 N–H and O–H groups in total. The van der Waals surface area contributed by atoms with Gasteiger partial charge in [0.2, 0.25) is 0 Å². The lowest BCUT2D eigenvalue weighted by atomic mass is 9.59. The van der Waals surface area contributed by atoms with E-state index in [0.29, 0.717) is 22.2 Å². The molecular weight excluding hydrogens is 385 g/mol. The molecule has 2 nitrogen and oxygen atoms in total. The lowest BCUT2D eigenvalue weighted by molar-refractivity contribution is -0.140. The van der Waals surface area contributed by atoms with Gasteiger partial charge in [0.15, 0.2) is 0 Å². The van der Waals surface area contributed by atoms with Crippen molar-refractivity contribution in [2.75, 3.05) is 0 Å². The number of hydrogen-bond acceptors (Lipinski definition) is 2. The second-order valence-corrected chi connectivity index (χ2v) is 10.0. The maximum absolute atomic E-state index is 13.2. The number of aromatic nitrogens is 2. The quantitative estimate of drug-likeness (QED) is 0.422. The number of nitrogens with zero attached hydrogens (tertiary/aromatic N) is 2. The van der Waals surface area contributed by atoms with Crippen molar-refractivity contribution in [2.24, 2.45) is 5.41 Å². The number of fused-ring (bicyclic) bond motifs is 2. The molecule has 5 heteroatoms. The zero-order valence-corrected chi connectivity index (χ0v) is 18.5. The molecule has 1 aliphatic rings. The largest absolute Gasteiger partial charge is 0.433 e. The van der Waals surface area contributed by atoms with Crippen molar-refractivity contribution in [3.8, 4) is 11.3 Å². The Labute approximate surface area is 175 Å². The van der Waals surface area contributed by atoms with Crippen LogP contribution in [0, 0.1) is 12.3 Å². The van der Waals surface area contributed by atoms with E-state index in [1.54, 1.807) is 13.1 Å². The Morgan fingerprint density at radius 3 is 2.10 bits per heavy atom. The Bertz CT molecular complexity index is 1170. The van der Waals surface area contributed by atoms with E-state index in [2.05, 4.69) is 63.6 Å². The van der Waals surface area contributed by atoms with Crippen LogP contribution in [-0.2, 0) is 17.0 Å². The van der Waals surface area contributed by atoms with Crippen LogP contribution in [0.3, 0.4) is 0 Å². The van der Waals surface area contributed by atoms with Crippen molar-refractivity contribution >= 4 is 10.9 Å². The first-order chi connectivity index (χ1) is 13.7. The molecule has 0 aliphatic heterocycles. The molecular formula is C25H27F3N2. The first kappa shape index (κ1) is 20.8. The van der Waals surface area contributed by atoms with E-state index < -0.39 is 11.9 Å². The van der Waals surface area contributed by atoms with Gasteiger partial charge < -0.3 is 0 Å². The number of alkyl halides is 3. The van der Waals surface area contributed by atoms with E-state index in [-0.39, 0.29) is 16.2 Å². The molecule has 0 amide bonds. The van der Waals surface area contributed by atoms with Crippen molar-refractivity contribution < 1.29 is 13.2 Å². The van der Waals surface area contributed by atoms with E-state index in [4.69, 9.17) is 0 Å². The van der Waals surface area contributed by atoms with Crippen LogP contribution in [0.4, 0.5) is 13.2 Å². The average molecular weight is 412 g/mol. The van der Waals surface area contributed by atoms with Crippen LogP contribution in [0.1, 0.15) is 63.9 Å². The smallest absolute Gasteiger partial charge is 0.255 e. The topological polar surface area (TPSA) is 25.8 Å². The molecule has 4 rings (SSSR count). The number of benzene rings is 1. The second-order valence-electron chi connectivity index (χ2n) is 10.0. The molecule has 0 atom stereocenters. The summed E-state index contributed by atoms with van der Waals surface area (Å²) in [6, 6.07) is 8.89. The number of aryl methyl sites for hydroxylation is 1. The van der Waals surface area contributed by atoms with Crippen LogP contribution >= 0.6 is 0 Å². The van der Waals surface area contributed by atoms with Gasteiger partial charge in [-0.2, -0.15) is 13.2 Å². The molecule has 1 aliphatic carbocycles. The molecule has 0 saturated heterocycles. The predicted octanol–water partition coefficient (Wildman–Crippen LogP) is 7.22. The molecule has 0 fully saturated rings. The Kier molecular flexibility index (Phi) is 4.20. The van der Waals surface area contributed by atoms with Crippen LogP contribution in [0.15, 0.2) is 36.5 Å². The number of halogens is 3. The van der Waals surface area contributed by atoms with Crippen LogP contribution in [0.2, 0.25) is 0 Å². The molecule has 0 unspecified atom stereocenters. The Balaban J connectivity index is 1.95. The third-order valence-corrected chi connectivity index (χ3v) is 7.97. The van der Waals surface area contributed by atoms with Gasteiger partial charge in [0.1, 0.15) is 5.69 Å². The van der Waals surface area contributed by atoms with Gasteiger partial charge in [0, 0.05) is 17.1 Å². The molecule has 0 spiro atoms. The normalized spacial score (nSPS) is 19.1. The minimum absolute atomic E-state index is 0.00367. The zero-order chi connectivity index (χ0) is 22.3. The number of hydrogen-bond donors (Lipinski definition) is 0. The summed E-state index contributed by atoms with van der Waals surface area (Å²) < 4.78 is 39.5. The second kappa shape index (κ2) is 6.05. The highest BCUT2D eigenvalue weighted by molar-refractivity contribution is 5.94.